The van der Waals surface area contributed by atoms with Crippen LogP contribution >= 0.6 is 0 Å². The fourth-order valence-electron chi connectivity index (χ4n) is 3.42. The first kappa shape index (κ1) is 14.5. The van der Waals surface area contributed by atoms with Crippen molar-refractivity contribution in [3.8, 4) is 0 Å². The largest absolute Gasteiger partial charge is 0.314 e. The summed E-state index contributed by atoms with van der Waals surface area (Å²) in [7, 11) is 0. The first-order valence-corrected chi connectivity index (χ1v) is 8.09. The number of pyridine rings is 1. The quantitative estimate of drug-likeness (QED) is 0.934. The van der Waals surface area contributed by atoms with E-state index in [2.05, 4.69) is 59.4 Å². The molecule has 21 heavy (non-hydrogen) atoms. The lowest BCUT2D eigenvalue weighted by molar-refractivity contribution is 0.129. The Morgan fingerprint density at radius 3 is 2.71 bits per heavy atom. The third-order valence-electron chi connectivity index (χ3n) is 4.73. The first-order valence-electron chi connectivity index (χ1n) is 8.09. The Hall–Kier alpha value is -1.45. The zero-order valence-electron chi connectivity index (χ0n) is 13.0. The Kier molecular flexibility index (Phi) is 4.51. The van der Waals surface area contributed by atoms with Gasteiger partial charge in [-0.1, -0.05) is 38.5 Å². The highest BCUT2D eigenvalue weighted by Crippen LogP contribution is 2.34. The van der Waals surface area contributed by atoms with Gasteiger partial charge in [0.25, 0.3) is 0 Å². The molecular formula is C18H25N3. The number of rotatable bonds is 4. The SMILES string of the molecule is CCC(C)[C@@H](c1ccnc2ccccc12)N1CCNCC1. The number of hydrogen-bond donors (Lipinski definition) is 1. The molecule has 1 N–H and O–H groups in total. The summed E-state index contributed by atoms with van der Waals surface area (Å²) in [6, 6.07) is 11.2. The van der Waals surface area contributed by atoms with Crippen molar-refractivity contribution in [1.29, 1.82) is 0 Å². The minimum atomic E-state index is 0.491. The topological polar surface area (TPSA) is 28.2 Å². The lowest BCUT2D eigenvalue weighted by Gasteiger charge is -2.38. The van der Waals surface area contributed by atoms with Gasteiger partial charge in [0.15, 0.2) is 0 Å². The van der Waals surface area contributed by atoms with Crippen LogP contribution in [0.4, 0.5) is 0 Å². The fraction of sp³-hybridized carbons (Fsp3) is 0.500. The van der Waals surface area contributed by atoms with Crippen molar-refractivity contribution in [3.63, 3.8) is 0 Å². The second-order valence-electron chi connectivity index (χ2n) is 6.03. The zero-order chi connectivity index (χ0) is 14.7. The third-order valence-corrected chi connectivity index (χ3v) is 4.73. The highest BCUT2D eigenvalue weighted by Gasteiger charge is 2.27. The van der Waals surface area contributed by atoms with E-state index in [9.17, 15) is 0 Å². The van der Waals surface area contributed by atoms with Gasteiger partial charge in [0.05, 0.1) is 5.52 Å². The minimum absolute atomic E-state index is 0.491. The van der Waals surface area contributed by atoms with Gasteiger partial charge in [0.2, 0.25) is 0 Å². The highest BCUT2D eigenvalue weighted by atomic mass is 15.2. The average molecular weight is 283 g/mol. The molecule has 1 fully saturated rings. The molecule has 1 aromatic carbocycles. The van der Waals surface area contributed by atoms with E-state index in [1.54, 1.807) is 0 Å². The summed E-state index contributed by atoms with van der Waals surface area (Å²) in [6.45, 7) is 9.12. The van der Waals surface area contributed by atoms with Crippen LogP contribution in [0.5, 0.6) is 0 Å². The second-order valence-corrected chi connectivity index (χ2v) is 6.03. The van der Waals surface area contributed by atoms with Crippen molar-refractivity contribution in [1.82, 2.24) is 15.2 Å². The normalized spacial score (nSPS) is 19.5. The standard InChI is InChI=1S/C18H25N3/c1-3-14(2)18(21-12-10-19-11-13-21)16-8-9-20-17-7-5-4-6-15(16)17/h4-9,14,18-19H,3,10-13H2,1-2H3/t14?,18-/m0/s1. The summed E-state index contributed by atoms with van der Waals surface area (Å²) in [5.74, 6) is 0.647. The maximum absolute atomic E-state index is 4.52. The van der Waals surface area contributed by atoms with Crippen molar-refractivity contribution >= 4 is 10.9 Å². The van der Waals surface area contributed by atoms with E-state index in [-0.39, 0.29) is 0 Å². The minimum Gasteiger partial charge on any atom is -0.314 e. The number of benzene rings is 1. The average Bonchev–Trinajstić information content (AvgIpc) is 2.56. The molecule has 1 unspecified atom stereocenters. The number of para-hydroxylation sites is 1. The Balaban J connectivity index is 2.05. The van der Waals surface area contributed by atoms with Gasteiger partial charge < -0.3 is 5.32 Å². The lowest BCUT2D eigenvalue weighted by atomic mass is 9.88. The number of nitrogens with zero attached hydrogens (tertiary/aromatic N) is 2. The Labute approximate surface area is 127 Å². The Morgan fingerprint density at radius 2 is 1.95 bits per heavy atom. The van der Waals surface area contributed by atoms with Crippen molar-refractivity contribution in [2.24, 2.45) is 5.92 Å². The monoisotopic (exact) mass is 283 g/mol. The number of aromatic nitrogens is 1. The molecule has 0 amide bonds. The van der Waals surface area contributed by atoms with E-state index < -0.39 is 0 Å². The van der Waals surface area contributed by atoms with Gasteiger partial charge in [-0.25, -0.2) is 0 Å². The molecule has 3 rings (SSSR count). The molecule has 0 saturated carbocycles. The summed E-state index contributed by atoms with van der Waals surface area (Å²) >= 11 is 0. The smallest absolute Gasteiger partial charge is 0.0705 e. The zero-order valence-corrected chi connectivity index (χ0v) is 13.0. The summed E-state index contributed by atoms with van der Waals surface area (Å²) in [5.41, 5.74) is 2.55. The Bertz CT molecular complexity index is 585. The number of hydrogen-bond acceptors (Lipinski definition) is 3. The summed E-state index contributed by atoms with van der Waals surface area (Å²) in [6.07, 6.45) is 3.17. The van der Waals surface area contributed by atoms with E-state index in [1.807, 2.05) is 6.20 Å². The summed E-state index contributed by atoms with van der Waals surface area (Å²) < 4.78 is 0. The molecule has 1 aliphatic heterocycles. The van der Waals surface area contributed by atoms with Crippen LogP contribution < -0.4 is 5.32 Å². The van der Waals surface area contributed by atoms with Crippen molar-refractivity contribution in [3.05, 3.63) is 42.1 Å². The van der Waals surface area contributed by atoms with Crippen LogP contribution in [0.25, 0.3) is 10.9 Å². The van der Waals surface area contributed by atoms with Crippen LogP contribution in [0.2, 0.25) is 0 Å². The maximum Gasteiger partial charge on any atom is 0.0705 e. The summed E-state index contributed by atoms with van der Waals surface area (Å²) in [5, 5.41) is 4.77. The third kappa shape index (κ3) is 2.94. The van der Waals surface area contributed by atoms with E-state index in [4.69, 9.17) is 0 Å². The molecule has 112 valence electrons. The molecule has 0 radical (unpaired) electrons. The number of nitrogens with one attached hydrogen (secondary N) is 1. The highest BCUT2D eigenvalue weighted by molar-refractivity contribution is 5.82. The first-order chi connectivity index (χ1) is 10.3. The van der Waals surface area contributed by atoms with Crippen LogP contribution in [-0.4, -0.2) is 36.1 Å². The molecule has 2 aromatic rings. The van der Waals surface area contributed by atoms with Gasteiger partial charge >= 0.3 is 0 Å². The van der Waals surface area contributed by atoms with E-state index in [1.165, 1.54) is 17.4 Å². The number of piperazine rings is 1. The molecule has 1 aliphatic rings. The van der Waals surface area contributed by atoms with Gasteiger partial charge in [-0.2, -0.15) is 0 Å². The molecule has 0 aliphatic carbocycles. The maximum atomic E-state index is 4.52. The predicted molar refractivity (Wildman–Crippen MR) is 88.4 cm³/mol. The van der Waals surface area contributed by atoms with Gasteiger partial charge in [0.1, 0.15) is 0 Å². The van der Waals surface area contributed by atoms with Crippen LogP contribution in [0.1, 0.15) is 31.9 Å². The summed E-state index contributed by atoms with van der Waals surface area (Å²) in [4.78, 5) is 7.17. The van der Waals surface area contributed by atoms with E-state index >= 15 is 0 Å². The van der Waals surface area contributed by atoms with Crippen LogP contribution in [0, 0.1) is 5.92 Å². The molecule has 2 heterocycles. The molecular weight excluding hydrogens is 258 g/mol. The molecule has 1 aromatic heterocycles. The Morgan fingerprint density at radius 1 is 1.19 bits per heavy atom. The van der Waals surface area contributed by atoms with Crippen LogP contribution in [-0.2, 0) is 0 Å². The molecule has 2 atom stereocenters. The van der Waals surface area contributed by atoms with Crippen molar-refractivity contribution < 1.29 is 0 Å². The lowest BCUT2D eigenvalue weighted by Crippen LogP contribution is -2.46. The van der Waals surface area contributed by atoms with Crippen molar-refractivity contribution in [2.75, 3.05) is 26.2 Å². The van der Waals surface area contributed by atoms with Gasteiger partial charge in [-0.15, -0.1) is 0 Å². The molecule has 1 saturated heterocycles. The molecule has 3 heteroatoms. The van der Waals surface area contributed by atoms with Gasteiger partial charge in [-0.3, -0.25) is 9.88 Å². The predicted octanol–water partition coefficient (Wildman–Crippen LogP) is 3.23. The molecule has 0 bridgehead atoms. The van der Waals surface area contributed by atoms with E-state index in [0.717, 1.165) is 31.7 Å². The van der Waals surface area contributed by atoms with E-state index in [0.29, 0.717) is 12.0 Å². The second kappa shape index (κ2) is 6.54. The van der Waals surface area contributed by atoms with Gasteiger partial charge in [0, 0.05) is 43.8 Å². The number of fused-ring (bicyclic) bond motifs is 1. The molecule has 3 nitrogen and oxygen atoms in total. The van der Waals surface area contributed by atoms with Gasteiger partial charge in [-0.05, 0) is 23.6 Å². The fourth-order valence-corrected chi connectivity index (χ4v) is 3.42. The van der Waals surface area contributed by atoms with Crippen LogP contribution in [0.15, 0.2) is 36.5 Å². The van der Waals surface area contributed by atoms with Crippen molar-refractivity contribution in [2.45, 2.75) is 26.3 Å². The van der Waals surface area contributed by atoms with Crippen LogP contribution in [0.3, 0.4) is 0 Å². The molecule has 0 spiro atoms.